The molecule has 0 saturated carbocycles. The van der Waals surface area contributed by atoms with Gasteiger partial charge in [-0.25, -0.2) is 0 Å². The number of anilines is 1. The first-order valence-corrected chi connectivity index (χ1v) is 9.84. The summed E-state index contributed by atoms with van der Waals surface area (Å²) >= 11 is 1.44. The molecule has 2 aromatic rings. The molecule has 1 aliphatic carbocycles. The normalized spacial score (nSPS) is 16.0. The van der Waals surface area contributed by atoms with E-state index in [1.807, 2.05) is 31.3 Å². The standard InChI is InChI=1S/C21H23N3OS/c1-24(19-11-6-8-16-7-2-3-9-17(16)19)15-21(25)23-18-10-4-5-12-20(18)26-14-13-22/h2-5,7,9-10,12,19H,6,8,11,14-15H2,1H3,(H,23,25)/t19-/m1/s1. The number of benzene rings is 2. The maximum Gasteiger partial charge on any atom is 0.238 e. The van der Waals surface area contributed by atoms with Gasteiger partial charge in [0.05, 0.1) is 24.1 Å². The zero-order chi connectivity index (χ0) is 18.4. The number of thioether (sulfide) groups is 1. The van der Waals surface area contributed by atoms with E-state index >= 15 is 0 Å². The summed E-state index contributed by atoms with van der Waals surface area (Å²) in [6.45, 7) is 0.344. The molecule has 0 radical (unpaired) electrons. The lowest BCUT2D eigenvalue weighted by atomic mass is 9.87. The van der Waals surface area contributed by atoms with E-state index in [0.717, 1.165) is 29.8 Å². The highest BCUT2D eigenvalue weighted by Gasteiger charge is 2.24. The van der Waals surface area contributed by atoms with Crippen LogP contribution in [-0.4, -0.2) is 30.2 Å². The van der Waals surface area contributed by atoms with E-state index in [-0.39, 0.29) is 11.9 Å². The molecule has 0 aromatic heterocycles. The van der Waals surface area contributed by atoms with Gasteiger partial charge in [0, 0.05) is 10.9 Å². The van der Waals surface area contributed by atoms with Gasteiger partial charge in [0.25, 0.3) is 0 Å². The number of fused-ring (bicyclic) bond motifs is 1. The van der Waals surface area contributed by atoms with Crippen LogP contribution in [0.1, 0.15) is 30.0 Å². The number of amides is 1. The van der Waals surface area contributed by atoms with Crippen LogP contribution >= 0.6 is 11.8 Å². The van der Waals surface area contributed by atoms with Gasteiger partial charge >= 0.3 is 0 Å². The van der Waals surface area contributed by atoms with E-state index in [0.29, 0.717) is 12.3 Å². The van der Waals surface area contributed by atoms with Crippen molar-refractivity contribution < 1.29 is 4.79 Å². The molecule has 0 fully saturated rings. The minimum atomic E-state index is -0.0273. The Labute approximate surface area is 159 Å². The van der Waals surface area contributed by atoms with Crippen LogP contribution < -0.4 is 5.32 Å². The van der Waals surface area contributed by atoms with E-state index in [1.54, 1.807) is 0 Å². The van der Waals surface area contributed by atoms with Crippen LogP contribution in [0.4, 0.5) is 5.69 Å². The maximum atomic E-state index is 12.6. The second-order valence-electron chi connectivity index (χ2n) is 6.51. The molecule has 134 valence electrons. The first kappa shape index (κ1) is 18.5. The lowest BCUT2D eigenvalue weighted by Crippen LogP contribution is -2.35. The summed E-state index contributed by atoms with van der Waals surface area (Å²) in [5.74, 6) is 0.339. The van der Waals surface area contributed by atoms with Crippen molar-refractivity contribution in [1.82, 2.24) is 4.90 Å². The van der Waals surface area contributed by atoms with Crippen molar-refractivity contribution in [3.63, 3.8) is 0 Å². The van der Waals surface area contributed by atoms with Gasteiger partial charge in [-0.15, -0.1) is 11.8 Å². The molecule has 3 rings (SSSR count). The van der Waals surface area contributed by atoms with E-state index in [2.05, 4.69) is 40.6 Å². The molecular weight excluding hydrogens is 342 g/mol. The zero-order valence-corrected chi connectivity index (χ0v) is 15.8. The number of nitriles is 1. The SMILES string of the molecule is CN(CC(=O)Nc1ccccc1SCC#N)[C@@H]1CCCc2ccccc21. The Balaban J connectivity index is 1.65. The smallest absolute Gasteiger partial charge is 0.238 e. The summed E-state index contributed by atoms with van der Waals surface area (Å²) in [6.07, 6.45) is 3.35. The molecule has 1 atom stereocenters. The average Bonchev–Trinajstić information content (AvgIpc) is 2.66. The van der Waals surface area contributed by atoms with Gasteiger partial charge in [-0.2, -0.15) is 5.26 Å². The van der Waals surface area contributed by atoms with Crippen molar-refractivity contribution in [3.8, 4) is 6.07 Å². The van der Waals surface area contributed by atoms with Crippen molar-refractivity contribution >= 4 is 23.4 Å². The number of hydrogen-bond donors (Lipinski definition) is 1. The van der Waals surface area contributed by atoms with Gasteiger partial charge < -0.3 is 5.32 Å². The molecule has 26 heavy (non-hydrogen) atoms. The number of carbonyl (C=O) groups is 1. The molecule has 1 aliphatic rings. The van der Waals surface area contributed by atoms with Crippen LogP contribution in [-0.2, 0) is 11.2 Å². The highest BCUT2D eigenvalue weighted by atomic mass is 32.2. The van der Waals surface area contributed by atoms with E-state index in [1.165, 1.54) is 22.9 Å². The fourth-order valence-corrected chi connectivity index (χ4v) is 4.19. The molecule has 2 aromatic carbocycles. The second-order valence-corrected chi connectivity index (χ2v) is 7.53. The third-order valence-corrected chi connectivity index (χ3v) is 5.66. The fraction of sp³-hybridized carbons (Fsp3) is 0.333. The number of likely N-dealkylation sites (N-methyl/N-ethyl adjacent to an activating group) is 1. The molecule has 1 amide bonds. The number of hydrogen-bond acceptors (Lipinski definition) is 4. The van der Waals surface area contributed by atoms with Gasteiger partial charge in [0.1, 0.15) is 0 Å². The monoisotopic (exact) mass is 365 g/mol. The minimum Gasteiger partial charge on any atom is -0.324 e. The molecule has 0 saturated heterocycles. The van der Waals surface area contributed by atoms with Gasteiger partial charge in [0.15, 0.2) is 0 Å². The van der Waals surface area contributed by atoms with E-state index < -0.39 is 0 Å². The molecule has 0 aliphatic heterocycles. The molecular formula is C21H23N3OS. The fourth-order valence-electron chi connectivity index (χ4n) is 3.52. The van der Waals surface area contributed by atoms with E-state index in [9.17, 15) is 4.79 Å². The summed E-state index contributed by atoms with van der Waals surface area (Å²) in [6, 6.07) is 18.6. The number of para-hydroxylation sites is 1. The Hall–Kier alpha value is -2.29. The largest absolute Gasteiger partial charge is 0.324 e. The highest BCUT2D eigenvalue weighted by molar-refractivity contribution is 7.99. The van der Waals surface area contributed by atoms with Crippen LogP contribution in [0.3, 0.4) is 0 Å². The van der Waals surface area contributed by atoms with Crippen molar-refractivity contribution in [2.75, 3.05) is 24.7 Å². The Morgan fingerprint density at radius 2 is 2.04 bits per heavy atom. The van der Waals surface area contributed by atoms with Crippen LogP contribution in [0.15, 0.2) is 53.4 Å². The summed E-state index contributed by atoms with van der Waals surface area (Å²) in [4.78, 5) is 15.6. The van der Waals surface area contributed by atoms with Crippen molar-refractivity contribution in [1.29, 1.82) is 5.26 Å². The Morgan fingerprint density at radius 1 is 1.27 bits per heavy atom. The third kappa shape index (κ3) is 4.46. The van der Waals surface area contributed by atoms with Crippen molar-refractivity contribution in [2.45, 2.75) is 30.2 Å². The Kier molecular flexibility index (Phi) is 6.32. The quantitative estimate of drug-likeness (QED) is 0.778. The van der Waals surface area contributed by atoms with Gasteiger partial charge in [0.2, 0.25) is 5.91 Å². The van der Waals surface area contributed by atoms with E-state index in [4.69, 9.17) is 5.26 Å². The molecule has 5 heteroatoms. The van der Waals surface area contributed by atoms with Crippen LogP contribution in [0, 0.1) is 11.3 Å². The highest BCUT2D eigenvalue weighted by Crippen LogP contribution is 2.33. The number of rotatable bonds is 6. The molecule has 0 spiro atoms. The maximum absolute atomic E-state index is 12.6. The van der Waals surface area contributed by atoms with Gasteiger partial charge in [-0.05, 0) is 49.6 Å². The lowest BCUT2D eigenvalue weighted by molar-refractivity contribution is -0.117. The van der Waals surface area contributed by atoms with Crippen molar-refractivity contribution in [2.24, 2.45) is 0 Å². The molecule has 0 heterocycles. The topological polar surface area (TPSA) is 56.1 Å². The Morgan fingerprint density at radius 3 is 2.88 bits per heavy atom. The zero-order valence-electron chi connectivity index (χ0n) is 14.9. The van der Waals surface area contributed by atoms with Crippen LogP contribution in [0.2, 0.25) is 0 Å². The second kappa shape index (κ2) is 8.88. The van der Waals surface area contributed by atoms with Crippen molar-refractivity contribution in [3.05, 3.63) is 59.7 Å². The molecule has 1 N–H and O–H groups in total. The van der Waals surface area contributed by atoms with Crippen LogP contribution in [0.25, 0.3) is 0 Å². The summed E-state index contributed by atoms with van der Waals surface area (Å²) in [5, 5.41) is 11.8. The average molecular weight is 366 g/mol. The third-order valence-electron chi connectivity index (χ3n) is 4.72. The summed E-state index contributed by atoms with van der Waals surface area (Å²) in [7, 11) is 2.02. The number of aryl methyl sites for hydroxylation is 1. The number of nitrogens with one attached hydrogen (secondary N) is 1. The minimum absolute atomic E-state index is 0.0273. The predicted molar refractivity (Wildman–Crippen MR) is 106 cm³/mol. The first-order chi connectivity index (χ1) is 12.7. The number of nitrogens with zero attached hydrogens (tertiary/aromatic N) is 2. The number of carbonyl (C=O) groups excluding carboxylic acids is 1. The van der Waals surface area contributed by atoms with Gasteiger partial charge in [-0.3, -0.25) is 9.69 Å². The molecule has 4 nitrogen and oxygen atoms in total. The molecule has 0 unspecified atom stereocenters. The molecule has 0 bridgehead atoms. The predicted octanol–water partition coefficient (Wildman–Crippen LogP) is 4.25. The Bertz CT molecular complexity index is 815. The van der Waals surface area contributed by atoms with Crippen LogP contribution in [0.5, 0.6) is 0 Å². The lowest BCUT2D eigenvalue weighted by Gasteiger charge is -2.32. The first-order valence-electron chi connectivity index (χ1n) is 8.85. The van der Waals surface area contributed by atoms with Gasteiger partial charge in [-0.1, -0.05) is 36.4 Å². The summed E-state index contributed by atoms with van der Waals surface area (Å²) < 4.78 is 0. The summed E-state index contributed by atoms with van der Waals surface area (Å²) in [5.41, 5.74) is 3.52.